The van der Waals surface area contributed by atoms with Gasteiger partial charge in [-0.05, 0) is 35.4 Å². The summed E-state index contributed by atoms with van der Waals surface area (Å²) in [4.78, 5) is 12.8. The summed E-state index contributed by atoms with van der Waals surface area (Å²) in [5.41, 5.74) is 1.69. The highest BCUT2D eigenvalue weighted by molar-refractivity contribution is 6.31. The van der Waals surface area contributed by atoms with E-state index in [2.05, 4.69) is 5.32 Å². The van der Waals surface area contributed by atoms with Gasteiger partial charge in [0.1, 0.15) is 6.10 Å². The lowest BCUT2D eigenvalue weighted by atomic mass is 9.96. The average molecular weight is 388 g/mol. The fraction of sp³-hybridized carbons (Fsp3) is 0.286. The van der Waals surface area contributed by atoms with Gasteiger partial charge in [0.05, 0.1) is 26.9 Å². The summed E-state index contributed by atoms with van der Waals surface area (Å²) in [6.07, 6.45) is 2.64. The molecule has 0 bridgehead atoms. The topological polar surface area (TPSA) is 56.8 Å². The van der Waals surface area contributed by atoms with E-state index in [1.165, 1.54) is 6.08 Å². The number of hydrogen-bond donors (Lipinski definition) is 1. The van der Waals surface area contributed by atoms with Crippen LogP contribution >= 0.6 is 11.6 Å². The molecular formula is C21H22ClNO4. The van der Waals surface area contributed by atoms with Crippen molar-refractivity contribution in [1.29, 1.82) is 0 Å². The van der Waals surface area contributed by atoms with Crippen molar-refractivity contribution in [3.63, 3.8) is 0 Å². The highest BCUT2D eigenvalue weighted by atomic mass is 35.5. The van der Waals surface area contributed by atoms with Crippen molar-refractivity contribution >= 4 is 23.5 Å². The van der Waals surface area contributed by atoms with Gasteiger partial charge in [-0.25, -0.2) is 0 Å². The van der Waals surface area contributed by atoms with E-state index in [0.29, 0.717) is 29.7 Å². The molecule has 1 saturated heterocycles. The van der Waals surface area contributed by atoms with Crippen LogP contribution in [0.4, 0.5) is 0 Å². The van der Waals surface area contributed by atoms with Gasteiger partial charge in [0.15, 0.2) is 17.3 Å². The molecule has 2 aromatic carbocycles. The number of rotatable bonds is 6. The number of benzene rings is 2. The Morgan fingerprint density at radius 3 is 2.70 bits per heavy atom. The van der Waals surface area contributed by atoms with Crippen LogP contribution in [-0.2, 0) is 9.53 Å². The predicted octanol–water partition coefficient (Wildman–Crippen LogP) is 3.67. The van der Waals surface area contributed by atoms with Crippen LogP contribution in [0.15, 0.2) is 48.5 Å². The monoisotopic (exact) mass is 387 g/mol. The molecule has 1 aliphatic heterocycles. The van der Waals surface area contributed by atoms with Crippen LogP contribution in [0.5, 0.6) is 11.5 Å². The Morgan fingerprint density at radius 2 is 1.96 bits per heavy atom. The van der Waals surface area contributed by atoms with Gasteiger partial charge < -0.3 is 19.5 Å². The van der Waals surface area contributed by atoms with Crippen LogP contribution in [0.2, 0.25) is 5.02 Å². The zero-order valence-electron chi connectivity index (χ0n) is 15.3. The Balaban J connectivity index is 1.79. The fourth-order valence-corrected chi connectivity index (χ4v) is 3.33. The summed E-state index contributed by atoms with van der Waals surface area (Å²) < 4.78 is 16.3. The number of hydrogen-bond acceptors (Lipinski definition) is 5. The molecule has 1 heterocycles. The standard InChI is InChI=1S/C21H22ClNO4/c1-25-18-10-8-14(13-19(18)26-2)7-9-17(24)21-20(23-11-12-27-21)15-5-3-4-6-16(15)22/h3-10,13,20-21,23H,11-12H2,1-2H3. The maximum absolute atomic E-state index is 12.8. The molecule has 142 valence electrons. The zero-order chi connectivity index (χ0) is 19.2. The SMILES string of the molecule is COc1ccc(C=CC(=O)C2OCCNC2c2ccccc2Cl)cc1OC. The van der Waals surface area contributed by atoms with Crippen LogP contribution in [0.3, 0.4) is 0 Å². The first-order valence-electron chi connectivity index (χ1n) is 8.67. The van der Waals surface area contributed by atoms with Gasteiger partial charge in [-0.1, -0.05) is 41.9 Å². The molecule has 3 rings (SSSR count). The lowest BCUT2D eigenvalue weighted by Crippen LogP contribution is -2.45. The van der Waals surface area contributed by atoms with E-state index >= 15 is 0 Å². The van der Waals surface area contributed by atoms with E-state index in [9.17, 15) is 4.79 Å². The van der Waals surface area contributed by atoms with Gasteiger partial charge in [-0.3, -0.25) is 4.79 Å². The summed E-state index contributed by atoms with van der Waals surface area (Å²) in [7, 11) is 3.16. The zero-order valence-corrected chi connectivity index (χ0v) is 16.0. The predicted molar refractivity (Wildman–Crippen MR) is 106 cm³/mol. The van der Waals surface area contributed by atoms with Gasteiger partial charge in [0, 0.05) is 11.6 Å². The van der Waals surface area contributed by atoms with Gasteiger partial charge >= 0.3 is 0 Å². The van der Waals surface area contributed by atoms with Crippen LogP contribution in [0.25, 0.3) is 6.08 Å². The molecular weight excluding hydrogens is 366 g/mol. The minimum Gasteiger partial charge on any atom is -0.493 e. The van der Waals surface area contributed by atoms with E-state index in [1.54, 1.807) is 26.4 Å². The van der Waals surface area contributed by atoms with Crippen LogP contribution in [0, 0.1) is 0 Å². The Bertz CT molecular complexity index is 837. The van der Waals surface area contributed by atoms with Crippen molar-refractivity contribution < 1.29 is 19.0 Å². The highest BCUT2D eigenvalue weighted by Crippen LogP contribution is 2.30. The normalized spacial score (nSPS) is 19.8. The molecule has 2 unspecified atom stereocenters. The van der Waals surface area contributed by atoms with Crippen molar-refractivity contribution in [1.82, 2.24) is 5.32 Å². The molecule has 0 saturated carbocycles. The Labute approximate surface area is 163 Å². The van der Waals surface area contributed by atoms with Gasteiger partial charge in [-0.15, -0.1) is 0 Å². The number of nitrogens with one attached hydrogen (secondary N) is 1. The third kappa shape index (κ3) is 4.50. The van der Waals surface area contributed by atoms with E-state index in [1.807, 2.05) is 36.4 Å². The second-order valence-electron chi connectivity index (χ2n) is 6.09. The summed E-state index contributed by atoms with van der Waals surface area (Å²) in [5.74, 6) is 1.12. The first-order valence-corrected chi connectivity index (χ1v) is 9.05. The van der Waals surface area contributed by atoms with Crippen LogP contribution in [0.1, 0.15) is 17.2 Å². The fourth-order valence-electron chi connectivity index (χ4n) is 3.08. The first-order chi connectivity index (χ1) is 13.1. The van der Waals surface area contributed by atoms with Crippen molar-refractivity contribution in [3.8, 4) is 11.5 Å². The van der Waals surface area contributed by atoms with E-state index in [-0.39, 0.29) is 11.8 Å². The highest BCUT2D eigenvalue weighted by Gasteiger charge is 2.32. The van der Waals surface area contributed by atoms with Crippen LogP contribution < -0.4 is 14.8 Å². The number of carbonyl (C=O) groups excluding carboxylic acids is 1. The molecule has 0 aliphatic carbocycles. The third-order valence-corrected chi connectivity index (χ3v) is 4.78. The number of methoxy groups -OCH3 is 2. The number of carbonyl (C=O) groups is 1. The van der Waals surface area contributed by atoms with E-state index in [0.717, 1.165) is 11.1 Å². The summed E-state index contributed by atoms with van der Waals surface area (Å²) in [6, 6.07) is 12.7. The molecule has 2 atom stereocenters. The molecule has 1 aliphatic rings. The molecule has 0 radical (unpaired) electrons. The molecule has 27 heavy (non-hydrogen) atoms. The smallest absolute Gasteiger partial charge is 0.186 e. The Hall–Kier alpha value is -2.34. The second-order valence-corrected chi connectivity index (χ2v) is 6.50. The summed E-state index contributed by atoms with van der Waals surface area (Å²) in [5, 5.41) is 3.95. The largest absolute Gasteiger partial charge is 0.493 e. The maximum Gasteiger partial charge on any atom is 0.186 e. The molecule has 0 spiro atoms. The Kier molecular flexibility index (Phi) is 6.50. The first kappa shape index (κ1) is 19.4. The van der Waals surface area contributed by atoms with Gasteiger partial charge in [0.25, 0.3) is 0 Å². The summed E-state index contributed by atoms with van der Waals surface area (Å²) >= 11 is 6.31. The quantitative estimate of drug-likeness (QED) is 0.766. The van der Waals surface area contributed by atoms with Crippen molar-refractivity contribution in [2.75, 3.05) is 27.4 Å². The van der Waals surface area contributed by atoms with Gasteiger partial charge in [-0.2, -0.15) is 0 Å². The summed E-state index contributed by atoms with van der Waals surface area (Å²) in [6.45, 7) is 1.14. The van der Waals surface area contributed by atoms with Crippen LogP contribution in [-0.4, -0.2) is 39.3 Å². The van der Waals surface area contributed by atoms with E-state index in [4.69, 9.17) is 25.8 Å². The minimum atomic E-state index is -0.630. The lowest BCUT2D eigenvalue weighted by Gasteiger charge is -2.32. The molecule has 6 heteroatoms. The molecule has 0 aromatic heterocycles. The number of morpholine rings is 1. The molecule has 1 fully saturated rings. The van der Waals surface area contributed by atoms with E-state index < -0.39 is 6.10 Å². The Morgan fingerprint density at radius 1 is 1.19 bits per heavy atom. The lowest BCUT2D eigenvalue weighted by molar-refractivity contribution is -0.130. The van der Waals surface area contributed by atoms with Gasteiger partial charge in [0.2, 0.25) is 0 Å². The number of ketones is 1. The number of ether oxygens (including phenoxy) is 3. The third-order valence-electron chi connectivity index (χ3n) is 4.43. The van der Waals surface area contributed by atoms with Crippen molar-refractivity contribution in [2.45, 2.75) is 12.1 Å². The van der Waals surface area contributed by atoms with Crippen molar-refractivity contribution in [3.05, 3.63) is 64.7 Å². The molecule has 1 N–H and O–H groups in total. The molecule has 2 aromatic rings. The molecule has 0 amide bonds. The molecule has 5 nitrogen and oxygen atoms in total. The number of halogens is 1. The average Bonchev–Trinajstić information content (AvgIpc) is 2.72. The maximum atomic E-state index is 12.8. The second kappa shape index (κ2) is 9.04. The minimum absolute atomic E-state index is 0.123. The van der Waals surface area contributed by atoms with Crippen molar-refractivity contribution in [2.24, 2.45) is 0 Å².